The molecule has 4 heterocycles. The van der Waals surface area contributed by atoms with Gasteiger partial charge in [0.05, 0.1) is 19.2 Å². The van der Waals surface area contributed by atoms with Crippen LogP contribution in [0.2, 0.25) is 0 Å². The molecule has 0 unspecified atom stereocenters. The number of rotatable bonds is 4. The third-order valence-corrected chi connectivity index (χ3v) is 7.45. The van der Waals surface area contributed by atoms with Crippen LogP contribution in [-0.4, -0.2) is 65.7 Å². The van der Waals surface area contributed by atoms with Crippen molar-refractivity contribution in [3.63, 3.8) is 0 Å². The summed E-state index contributed by atoms with van der Waals surface area (Å²) in [6.45, 7) is 2.62. The molecule has 3 aromatic rings. The minimum absolute atomic E-state index is 0.00188. The molecular formula is C28H27N3O5. The Balaban J connectivity index is 1.44. The Kier molecular flexibility index (Phi) is 5.51. The van der Waals surface area contributed by atoms with Gasteiger partial charge in [-0.05, 0) is 41.3 Å². The van der Waals surface area contributed by atoms with Crippen molar-refractivity contribution in [2.75, 3.05) is 27.0 Å². The minimum Gasteiger partial charge on any atom is -0.493 e. The van der Waals surface area contributed by atoms with Gasteiger partial charge in [0.2, 0.25) is 18.4 Å². The lowest BCUT2D eigenvalue weighted by molar-refractivity contribution is -0.135. The van der Waals surface area contributed by atoms with E-state index >= 15 is 0 Å². The highest BCUT2D eigenvalue weighted by molar-refractivity contribution is 5.98. The first-order chi connectivity index (χ1) is 17.5. The molecule has 3 atom stereocenters. The zero-order valence-electron chi connectivity index (χ0n) is 20.2. The first kappa shape index (κ1) is 22.4. The Hall–Kier alpha value is -4.07. The Morgan fingerprint density at radius 3 is 2.75 bits per heavy atom. The number of ether oxygens (including phenoxy) is 3. The summed E-state index contributed by atoms with van der Waals surface area (Å²) in [4.78, 5) is 34.8. The first-order valence-electron chi connectivity index (χ1n) is 12.1. The van der Waals surface area contributed by atoms with E-state index in [9.17, 15) is 9.59 Å². The number of carbonyl (C=O) groups excluding carboxylic acids is 2. The van der Waals surface area contributed by atoms with Gasteiger partial charge in [-0.25, -0.2) is 0 Å². The summed E-state index contributed by atoms with van der Waals surface area (Å²) in [6, 6.07) is 15.4. The molecular weight excluding hydrogens is 458 g/mol. The molecule has 2 amide bonds. The fraction of sp³-hybridized carbons (Fsp3) is 0.321. The van der Waals surface area contributed by atoms with Crippen LogP contribution < -0.4 is 14.2 Å². The van der Waals surface area contributed by atoms with Gasteiger partial charge in [0.25, 0.3) is 5.91 Å². The molecule has 0 bridgehead atoms. The van der Waals surface area contributed by atoms with Crippen molar-refractivity contribution in [1.29, 1.82) is 0 Å². The van der Waals surface area contributed by atoms with Crippen molar-refractivity contribution >= 4 is 11.8 Å². The smallest absolute Gasteiger partial charge is 0.254 e. The zero-order valence-corrected chi connectivity index (χ0v) is 20.2. The summed E-state index contributed by atoms with van der Waals surface area (Å²) in [5.74, 6) is 1.53. The molecule has 6 rings (SSSR count). The van der Waals surface area contributed by atoms with E-state index in [-0.39, 0.29) is 36.6 Å². The maximum Gasteiger partial charge on any atom is 0.254 e. The quantitative estimate of drug-likeness (QED) is 0.565. The number of aromatic nitrogens is 1. The number of amides is 2. The second-order valence-electron chi connectivity index (χ2n) is 9.44. The number of fused-ring (bicyclic) bond motifs is 3. The SMILES string of the molecule is COc1cc([C@H]2c3cnccc3C(=O)N3C[C@H](Cc4ccccc4)N(C(C)=O)C[C@H]23)cc2c1OCO2. The van der Waals surface area contributed by atoms with Crippen LogP contribution in [0.5, 0.6) is 17.2 Å². The molecule has 8 heteroatoms. The number of hydrogen-bond donors (Lipinski definition) is 0. The van der Waals surface area contributed by atoms with E-state index in [0.717, 1.165) is 16.7 Å². The van der Waals surface area contributed by atoms with Crippen LogP contribution in [0, 0.1) is 0 Å². The summed E-state index contributed by atoms with van der Waals surface area (Å²) in [6.07, 6.45) is 4.10. The molecule has 36 heavy (non-hydrogen) atoms. The van der Waals surface area contributed by atoms with E-state index in [1.165, 1.54) is 0 Å². The maximum atomic E-state index is 13.7. The van der Waals surface area contributed by atoms with Crippen LogP contribution in [0.4, 0.5) is 0 Å². The maximum absolute atomic E-state index is 13.7. The Morgan fingerprint density at radius 2 is 1.97 bits per heavy atom. The fourth-order valence-electron chi connectivity index (χ4n) is 5.82. The normalized spacial score (nSPS) is 22.2. The van der Waals surface area contributed by atoms with Gasteiger partial charge in [-0.1, -0.05) is 30.3 Å². The lowest BCUT2D eigenvalue weighted by Gasteiger charge is -2.51. The number of carbonyl (C=O) groups is 2. The number of methoxy groups -OCH3 is 1. The summed E-state index contributed by atoms with van der Waals surface area (Å²) in [5.41, 5.74) is 3.54. The number of piperazine rings is 1. The predicted molar refractivity (Wildman–Crippen MR) is 131 cm³/mol. The molecule has 1 saturated heterocycles. The highest BCUT2D eigenvalue weighted by Crippen LogP contribution is 2.47. The number of benzene rings is 2. The first-order valence-corrected chi connectivity index (χ1v) is 12.1. The van der Waals surface area contributed by atoms with Crippen molar-refractivity contribution in [1.82, 2.24) is 14.8 Å². The molecule has 1 fully saturated rings. The standard InChI is InChI=1S/C28H27N3O5/c1-17(32)30-15-23-26(19-11-24(34-2)27-25(12-19)35-16-36-27)22-13-29-9-8-21(22)28(33)31(23)14-20(30)10-18-6-4-3-5-7-18/h3-9,11-13,20,23,26H,10,14-16H2,1-2H3/t20-,23+,26-/m0/s1. The van der Waals surface area contributed by atoms with E-state index in [4.69, 9.17) is 14.2 Å². The van der Waals surface area contributed by atoms with Crippen LogP contribution >= 0.6 is 0 Å². The van der Waals surface area contributed by atoms with E-state index in [1.807, 2.05) is 40.1 Å². The Labute approximate surface area is 209 Å². The van der Waals surface area contributed by atoms with Crippen molar-refractivity contribution in [3.8, 4) is 17.2 Å². The van der Waals surface area contributed by atoms with Crippen molar-refractivity contribution < 1.29 is 23.8 Å². The highest BCUT2D eigenvalue weighted by Gasteiger charge is 2.47. The monoisotopic (exact) mass is 485 g/mol. The van der Waals surface area contributed by atoms with Gasteiger partial charge in [0, 0.05) is 43.9 Å². The number of hydrogen-bond acceptors (Lipinski definition) is 6. The molecule has 8 nitrogen and oxygen atoms in total. The van der Waals surface area contributed by atoms with Crippen LogP contribution in [0.15, 0.2) is 60.9 Å². The highest BCUT2D eigenvalue weighted by atomic mass is 16.7. The average Bonchev–Trinajstić information content (AvgIpc) is 3.38. The van der Waals surface area contributed by atoms with Gasteiger partial charge in [-0.15, -0.1) is 0 Å². The second kappa shape index (κ2) is 8.86. The third-order valence-electron chi connectivity index (χ3n) is 7.45. The van der Waals surface area contributed by atoms with Crippen LogP contribution in [0.3, 0.4) is 0 Å². The van der Waals surface area contributed by atoms with E-state index < -0.39 is 0 Å². The van der Waals surface area contributed by atoms with Gasteiger partial charge in [0.15, 0.2) is 11.5 Å². The van der Waals surface area contributed by atoms with E-state index in [0.29, 0.717) is 42.3 Å². The van der Waals surface area contributed by atoms with Gasteiger partial charge in [-0.3, -0.25) is 14.6 Å². The van der Waals surface area contributed by atoms with Crippen LogP contribution in [-0.2, 0) is 11.2 Å². The second-order valence-corrected chi connectivity index (χ2v) is 9.44. The lowest BCUT2D eigenvalue weighted by Crippen LogP contribution is -2.64. The molecule has 0 saturated carbocycles. The van der Waals surface area contributed by atoms with Gasteiger partial charge in [-0.2, -0.15) is 0 Å². The van der Waals surface area contributed by atoms with Crippen molar-refractivity contribution in [2.45, 2.75) is 31.3 Å². The Bertz CT molecular complexity index is 1330. The zero-order chi connectivity index (χ0) is 24.8. The molecule has 0 N–H and O–H groups in total. The summed E-state index contributed by atoms with van der Waals surface area (Å²) in [7, 11) is 1.60. The lowest BCUT2D eigenvalue weighted by atomic mass is 9.77. The van der Waals surface area contributed by atoms with Gasteiger partial charge >= 0.3 is 0 Å². The fourth-order valence-corrected chi connectivity index (χ4v) is 5.82. The average molecular weight is 486 g/mol. The molecule has 1 aromatic heterocycles. The third kappa shape index (κ3) is 3.64. The number of pyridine rings is 1. The largest absolute Gasteiger partial charge is 0.493 e. The predicted octanol–water partition coefficient (Wildman–Crippen LogP) is 3.25. The van der Waals surface area contributed by atoms with Crippen LogP contribution in [0.25, 0.3) is 0 Å². The van der Waals surface area contributed by atoms with Crippen molar-refractivity contribution in [2.24, 2.45) is 0 Å². The van der Waals surface area contributed by atoms with E-state index in [1.54, 1.807) is 32.5 Å². The van der Waals surface area contributed by atoms with Crippen LogP contribution in [0.1, 0.15) is 39.9 Å². The summed E-state index contributed by atoms with van der Waals surface area (Å²) in [5, 5.41) is 0. The minimum atomic E-state index is -0.254. The molecule has 3 aliphatic rings. The summed E-state index contributed by atoms with van der Waals surface area (Å²) >= 11 is 0. The molecule has 2 aromatic carbocycles. The molecule has 0 radical (unpaired) electrons. The topological polar surface area (TPSA) is 81.2 Å². The number of nitrogens with zero attached hydrogens (tertiary/aromatic N) is 3. The molecule has 0 aliphatic carbocycles. The van der Waals surface area contributed by atoms with Crippen molar-refractivity contribution in [3.05, 3.63) is 83.2 Å². The van der Waals surface area contributed by atoms with E-state index in [2.05, 4.69) is 17.1 Å². The summed E-state index contributed by atoms with van der Waals surface area (Å²) < 4.78 is 16.9. The van der Waals surface area contributed by atoms with Gasteiger partial charge < -0.3 is 24.0 Å². The molecule has 0 spiro atoms. The molecule has 184 valence electrons. The van der Waals surface area contributed by atoms with Gasteiger partial charge in [0.1, 0.15) is 0 Å². The Morgan fingerprint density at radius 1 is 1.14 bits per heavy atom. The molecule has 3 aliphatic heterocycles.